The summed E-state index contributed by atoms with van der Waals surface area (Å²) in [4.78, 5) is 11.9. The van der Waals surface area contributed by atoms with Crippen molar-refractivity contribution in [2.45, 2.75) is 83.2 Å². The molecular weight excluding hydrogens is 564 g/mol. The Morgan fingerprint density at radius 2 is 1.20 bits per heavy atom. The van der Waals surface area contributed by atoms with Gasteiger partial charge in [0.1, 0.15) is 37.1 Å². The molecule has 0 aliphatic carbocycles. The van der Waals surface area contributed by atoms with Crippen LogP contribution in [0.3, 0.4) is 0 Å². The van der Waals surface area contributed by atoms with E-state index in [9.17, 15) is 4.79 Å². The molecule has 0 amide bonds. The molecule has 2 saturated heterocycles. The van der Waals surface area contributed by atoms with Crippen molar-refractivity contribution in [3.8, 4) is 0 Å². The average molecular weight is 607 g/mol. The lowest BCUT2D eigenvalue weighted by Crippen LogP contribution is -2.62. The van der Waals surface area contributed by atoms with Gasteiger partial charge in [0.05, 0.1) is 33.0 Å². The smallest absolute Gasteiger partial charge is 0.302 e. The summed E-state index contributed by atoms with van der Waals surface area (Å²) in [7, 11) is 0. The highest BCUT2D eigenvalue weighted by atomic mass is 16.8. The van der Waals surface area contributed by atoms with Crippen LogP contribution in [-0.2, 0) is 62.5 Å². The Bertz CT molecular complexity index is 1270. The number of carbonyl (C=O) groups is 1. The van der Waals surface area contributed by atoms with E-state index in [0.29, 0.717) is 26.4 Å². The lowest BCUT2D eigenvalue weighted by Gasteiger charge is -2.45. The molecule has 3 aromatic rings. The third kappa shape index (κ3) is 9.42. The Morgan fingerprint density at radius 1 is 0.705 bits per heavy atom. The second kappa shape index (κ2) is 15.7. The topological polar surface area (TPSA) is 90.9 Å². The number of benzene rings is 3. The van der Waals surface area contributed by atoms with Gasteiger partial charge >= 0.3 is 5.97 Å². The summed E-state index contributed by atoms with van der Waals surface area (Å²) >= 11 is 0. The Labute approximate surface area is 259 Å². The summed E-state index contributed by atoms with van der Waals surface area (Å²) in [5.74, 6) is -1.11. The van der Waals surface area contributed by atoms with Crippen molar-refractivity contribution in [1.82, 2.24) is 0 Å². The number of hydrogen-bond acceptors (Lipinski definition) is 9. The van der Waals surface area contributed by atoms with Gasteiger partial charge in [-0.2, -0.15) is 0 Å². The molecule has 5 rings (SSSR count). The molecule has 0 aromatic heterocycles. The van der Waals surface area contributed by atoms with E-state index in [2.05, 4.69) is 0 Å². The Hall–Kier alpha value is -3.15. The molecule has 2 fully saturated rings. The zero-order valence-electron chi connectivity index (χ0n) is 25.5. The molecule has 3 aromatic carbocycles. The summed E-state index contributed by atoms with van der Waals surface area (Å²) in [6.45, 7) is 6.57. The van der Waals surface area contributed by atoms with Crippen molar-refractivity contribution >= 4 is 5.97 Å². The molecule has 0 N–H and O–H groups in total. The molecule has 0 bridgehead atoms. The highest BCUT2D eigenvalue weighted by molar-refractivity contribution is 5.65. The second-order valence-corrected chi connectivity index (χ2v) is 11.4. The maximum atomic E-state index is 11.9. The van der Waals surface area contributed by atoms with E-state index < -0.39 is 42.5 Å². The summed E-state index contributed by atoms with van der Waals surface area (Å²) in [6.07, 6.45) is -3.83. The highest BCUT2D eigenvalue weighted by Crippen LogP contribution is 2.32. The molecule has 0 saturated carbocycles. The second-order valence-electron chi connectivity index (χ2n) is 11.4. The zero-order valence-corrected chi connectivity index (χ0v) is 25.5. The minimum atomic E-state index is -0.871. The van der Waals surface area contributed by atoms with Crippen molar-refractivity contribution in [2.75, 3.05) is 19.8 Å². The summed E-state index contributed by atoms with van der Waals surface area (Å²) in [6, 6.07) is 29.7. The van der Waals surface area contributed by atoms with Gasteiger partial charge in [0.2, 0.25) is 0 Å². The average Bonchev–Trinajstić information content (AvgIpc) is 3.39. The van der Waals surface area contributed by atoms with Crippen LogP contribution in [0.4, 0.5) is 0 Å². The van der Waals surface area contributed by atoms with E-state index >= 15 is 0 Å². The molecule has 6 atom stereocenters. The summed E-state index contributed by atoms with van der Waals surface area (Å²) < 4.78 is 49.8. The van der Waals surface area contributed by atoms with E-state index in [1.54, 1.807) is 0 Å². The predicted octanol–water partition coefficient (Wildman–Crippen LogP) is 5.20. The van der Waals surface area contributed by atoms with Gasteiger partial charge in [-0.15, -0.1) is 0 Å². The maximum absolute atomic E-state index is 11.9. The van der Waals surface area contributed by atoms with E-state index in [-0.39, 0.29) is 19.3 Å². The molecule has 2 aliphatic rings. The molecule has 236 valence electrons. The van der Waals surface area contributed by atoms with E-state index in [1.165, 1.54) is 6.92 Å². The first kappa shape index (κ1) is 32.2. The van der Waals surface area contributed by atoms with Crippen LogP contribution in [0.2, 0.25) is 0 Å². The lowest BCUT2D eigenvalue weighted by atomic mass is 9.97. The van der Waals surface area contributed by atoms with Crippen LogP contribution in [0, 0.1) is 0 Å². The largest absolute Gasteiger partial charge is 0.463 e. The Kier molecular flexibility index (Phi) is 11.5. The van der Waals surface area contributed by atoms with E-state index in [0.717, 1.165) is 16.7 Å². The first-order valence-electron chi connectivity index (χ1n) is 15.0. The maximum Gasteiger partial charge on any atom is 0.302 e. The minimum absolute atomic E-state index is 0.0404. The first-order valence-corrected chi connectivity index (χ1v) is 15.0. The third-order valence-electron chi connectivity index (χ3n) is 7.41. The Morgan fingerprint density at radius 3 is 1.68 bits per heavy atom. The van der Waals surface area contributed by atoms with Gasteiger partial charge in [-0.05, 0) is 30.5 Å². The van der Waals surface area contributed by atoms with Crippen LogP contribution >= 0.6 is 0 Å². The van der Waals surface area contributed by atoms with Crippen molar-refractivity contribution < 1.29 is 42.7 Å². The fourth-order valence-corrected chi connectivity index (χ4v) is 5.26. The number of carbonyl (C=O) groups excluding carboxylic acids is 1. The molecule has 44 heavy (non-hydrogen) atoms. The normalized spacial score (nSPS) is 26.3. The van der Waals surface area contributed by atoms with Crippen molar-refractivity contribution in [2.24, 2.45) is 0 Å². The van der Waals surface area contributed by atoms with E-state index in [4.69, 9.17) is 37.9 Å². The zero-order chi connectivity index (χ0) is 30.8. The fourth-order valence-electron chi connectivity index (χ4n) is 5.26. The number of rotatable bonds is 14. The monoisotopic (exact) mass is 606 g/mol. The molecule has 2 heterocycles. The quantitative estimate of drug-likeness (QED) is 0.230. The molecule has 0 unspecified atom stereocenters. The van der Waals surface area contributed by atoms with Crippen LogP contribution in [0.1, 0.15) is 37.5 Å². The standard InChI is InChI=1S/C35H42O9/c1-25(36)37-24-30-31(38-19-26-13-7-4-8-14-26)32(39-20-27-15-9-5-10-16-27)33(40-21-28-17-11-6-12-18-28)34(43-30)41-22-29-23-42-35(2,3)44-29/h4-18,29-34H,19-24H2,1-3H3/t29-,30-,31-,32+,33-,34+/m1/s1. The van der Waals surface area contributed by atoms with Gasteiger partial charge in [-0.25, -0.2) is 0 Å². The summed E-state index contributed by atoms with van der Waals surface area (Å²) in [5.41, 5.74) is 2.98. The molecule has 0 spiro atoms. The van der Waals surface area contributed by atoms with Crippen LogP contribution in [-0.4, -0.2) is 68.4 Å². The van der Waals surface area contributed by atoms with Gasteiger partial charge in [0.15, 0.2) is 12.1 Å². The molecule has 2 aliphatic heterocycles. The van der Waals surface area contributed by atoms with Gasteiger partial charge in [0, 0.05) is 6.92 Å². The SMILES string of the molecule is CC(=O)OC[C@H]1O[C@H](OC[C@@H]2COC(C)(C)O2)[C@H](OCc2ccccc2)[C@@H](OCc2ccccc2)[C@@H]1OCc1ccccc1. The first-order chi connectivity index (χ1) is 21.4. The molecule has 9 nitrogen and oxygen atoms in total. The van der Waals surface area contributed by atoms with Gasteiger partial charge in [-0.1, -0.05) is 91.0 Å². The van der Waals surface area contributed by atoms with E-state index in [1.807, 2.05) is 105 Å². The molecule has 9 heteroatoms. The van der Waals surface area contributed by atoms with Crippen molar-refractivity contribution in [3.05, 3.63) is 108 Å². The van der Waals surface area contributed by atoms with Crippen molar-refractivity contribution in [1.29, 1.82) is 0 Å². The van der Waals surface area contributed by atoms with Gasteiger partial charge in [0.25, 0.3) is 0 Å². The van der Waals surface area contributed by atoms with Crippen LogP contribution < -0.4 is 0 Å². The number of hydrogen-bond donors (Lipinski definition) is 0. The van der Waals surface area contributed by atoms with Crippen LogP contribution in [0.5, 0.6) is 0 Å². The number of esters is 1. The summed E-state index contributed by atoms with van der Waals surface area (Å²) in [5, 5.41) is 0. The molecule has 0 radical (unpaired) electrons. The highest BCUT2D eigenvalue weighted by Gasteiger charge is 2.50. The van der Waals surface area contributed by atoms with Gasteiger partial charge in [-0.3, -0.25) is 4.79 Å². The lowest BCUT2D eigenvalue weighted by molar-refractivity contribution is -0.330. The van der Waals surface area contributed by atoms with Crippen molar-refractivity contribution in [3.63, 3.8) is 0 Å². The Balaban J connectivity index is 1.43. The number of ether oxygens (including phenoxy) is 8. The van der Waals surface area contributed by atoms with Gasteiger partial charge < -0.3 is 37.9 Å². The molecular formula is C35H42O9. The van der Waals surface area contributed by atoms with Crippen LogP contribution in [0.25, 0.3) is 0 Å². The van der Waals surface area contributed by atoms with Crippen LogP contribution in [0.15, 0.2) is 91.0 Å². The predicted molar refractivity (Wildman–Crippen MR) is 161 cm³/mol. The fraction of sp³-hybridized carbons (Fsp3) is 0.457. The minimum Gasteiger partial charge on any atom is -0.463 e. The third-order valence-corrected chi connectivity index (χ3v) is 7.41.